The van der Waals surface area contributed by atoms with Gasteiger partial charge in [-0.15, -0.1) is 0 Å². The van der Waals surface area contributed by atoms with Crippen molar-refractivity contribution in [2.45, 2.75) is 19.3 Å². The van der Waals surface area contributed by atoms with Crippen LogP contribution in [0.4, 0.5) is 14.7 Å². The minimum Gasteiger partial charge on any atom is -0.330 e. The summed E-state index contributed by atoms with van der Waals surface area (Å²) in [4.78, 5) is 22.1. The standard InChI is InChI=1S/C19H17F2N5O/c20-15-4-3-12(9-16(15)21)8-13-2-1-7-26(18(13)27)19-22-11-17(25-19)14-5-6-23-24-10-14/h3-6,9-11,13H,1-2,7-8H2,(H,22,25). The molecule has 0 saturated carbocycles. The van der Waals surface area contributed by atoms with E-state index in [1.54, 1.807) is 29.6 Å². The van der Waals surface area contributed by atoms with Crippen molar-refractivity contribution in [2.24, 2.45) is 5.92 Å². The number of aromatic amines is 1. The van der Waals surface area contributed by atoms with Gasteiger partial charge < -0.3 is 4.98 Å². The summed E-state index contributed by atoms with van der Waals surface area (Å²) in [6.07, 6.45) is 6.79. The van der Waals surface area contributed by atoms with Gasteiger partial charge in [-0.1, -0.05) is 6.07 Å². The molecule has 6 nitrogen and oxygen atoms in total. The Morgan fingerprint density at radius 2 is 2.07 bits per heavy atom. The molecule has 0 spiro atoms. The van der Waals surface area contributed by atoms with Crippen LogP contribution in [0.1, 0.15) is 18.4 Å². The van der Waals surface area contributed by atoms with Crippen molar-refractivity contribution in [1.82, 2.24) is 20.2 Å². The largest absolute Gasteiger partial charge is 0.330 e. The van der Waals surface area contributed by atoms with Crippen LogP contribution < -0.4 is 4.90 Å². The van der Waals surface area contributed by atoms with Gasteiger partial charge in [0.2, 0.25) is 11.9 Å². The van der Waals surface area contributed by atoms with Gasteiger partial charge in [0.05, 0.1) is 18.1 Å². The smallest absolute Gasteiger partial charge is 0.232 e. The molecular weight excluding hydrogens is 352 g/mol. The predicted molar refractivity (Wildman–Crippen MR) is 94.8 cm³/mol. The minimum atomic E-state index is -0.894. The average Bonchev–Trinajstić information content (AvgIpc) is 3.17. The first-order chi connectivity index (χ1) is 13.1. The number of carbonyl (C=O) groups excluding carboxylic acids is 1. The van der Waals surface area contributed by atoms with Crippen molar-refractivity contribution in [3.05, 3.63) is 60.1 Å². The number of aromatic nitrogens is 4. The van der Waals surface area contributed by atoms with E-state index in [0.717, 1.165) is 24.1 Å². The first-order valence-electron chi connectivity index (χ1n) is 8.69. The van der Waals surface area contributed by atoms with Crippen LogP contribution in [0.3, 0.4) is 0 Å². The molecule has 2 aromatic heterocycles. The van der Waals surface area contributed by atoms with Crippen molar-refractivity contribution in [3.63, 3.8) is 0 Å². The molecule has 8 heteroatoms. The fourth-order valence-electron chi connectivity index (χ4n) is 3.34. The van der Waals surface area contributed by atoms with E-state index in [1.807, 2.05) is 0 Å². The van der Waals surface area contributed by atoms with Gasteiger partial charge in [-0.05, 0) is 43.0 Å². The van der Waals surface area contributed by atoms with E-state index < -0.39 is 11.6 Å². The predicted octanol–water partition coefficient (Wildman–Crippen LogP) is 3.13. The van der Waals surface area contributed by atoms with Gasteiger partial charge in [-0.2, -0.15) is 10.2 Å². The number of nitrogens with one attached hydrogen (secondary N) is 1. The summed E-state index contributed by atoms with van der Waals surface area (Å²) in [6.45, 7) is 0.564. The van der Waals surface area contributed by atoms with Crippen molar-refractivity contribution in [2.75, 3.05) is 11.4 Å². The topological polar surface area (TPSA) is 74.8 Å². The highest BCUT2D eigenvalue weighted by Crippen LogP contribution is 2.27. The maximum Gasteiger partial charge on any atom is 0.232 e. The van der Waals surface area contributed by atoms with E-state index >= 15 is 0 Å². The normalized spacial score (nSPS) is 17.3. The van der Waals surface area contributed by atoms with Crippen LogP contribution in [0.25, 0.3) is 11.3 Å². The number of amides is 1. The lowest BCUT2D eigenvalue weighted by Gasteiger charge is -2.30. The van der Waals surface area contributed by atoms with Crippen LogP contribution in [0.2, 0.25) is 0 Å². The van der Waals surface area contributed by atoms with Gasteiger partial charge in [0, 0.05) is 24.2 Å². The average molecular weight is 369 g/mol. The summed E-state index contributed by atoms with van der Waals surface area (Å²) < 4.78 is 26.5. The molecule has 0 radical (unpaired) electrons. The molecule has 4 rings (SSSR count). The van der Waals surface area contributed by atoms with E-state index in [-0.39, 0.29) is 11.8 Å². The molecule has 0 bridgehead atoms. The first kappa shape index (κ1) is 17.3. The maximum absolute atomic E-state index is 13.4. The summed E-state index contributed by atoms with van der Waals surface area (Å²) in [5, 5.41) is 7.57. The first-order valence-corrected chi connectivity index (χ1v) is 8.69. The molecule has 27 heavy (non-hydrogen) atoms. The van der Waals surface area contributed by atoms with E-state index in [1.165, 1.54) is 6.07 Å². The number of imidazole rings is 1. The molecule has 1 aliphatic heterocycles. The van der Waals surface area contributed by atoms with Gasteiger partial charge >= 0.3 is 0 Å². The van der Waals surface area contributed by atoms with Crippen molar-refractivity contribution >= 4 is 11.9 Å². The number of anilines is 1. The monoisotopic (exact) mass is 369 g/mol. The second kappa shape index (κ2) is 7.22. The number of benzene rings is 1. The zero-order chi connectivity index (χ0) is 18.8. The van der Waals surface area contributed by atoms with E-state index in [0.29, 0.717) is 36.6 Å². The van der Waals surface area contributed by atoms with Gasteiger partial charge in [0.1, 0.15) is 0 Å². The summed E-state index contributed by atoms with van der Waals surface area (Å²) >= 11 is 0. The Hall–Kier alpha value is -3.16. The number of carbonyl (C=O) groups is 1. The van der Waals surface area contributed by atoms with Crippen molar-refractivity contribution in [1.29, 1.82) is 0 Å². The van der Waals surface area contributed by atoms with Crippen LogP contribution in [-0.4, -0.2) is 32.6 Å². The molecular formula is C19H17F2N5O. The Morgan fingerprint density at radius 1 is 1.19 bits per heavy atom. The van der Waals surface area contributed by atoms with E-state index in [9.17, 15) is 13.6 Å². The van der Waals surface area contributed by atoms with Crippen molar-refractivity contribution < 1.29 is 13.6 Å². The fourth-order valence-corrected chi connectivity index (χ4v) is 3.34. The number of halogens is 2. The highest BCUT2D eigenvalue weighted by atomic mass is 19.2. The Morgan fingerprint density at radius 3 is 2.85 bits per heavy atom. The number of hydrogen-bond acceptors (Lipinski definition) is 4. The highest BCUT2D eigenvalue weighted by molar-refractivity contribution is 5.94. The molecule has 0 aliphatic carbocycles. The maximum atomic E-state index is 13.4. The molecule has 1 atom stereocenters. The third-order valence-corrected chi connectivity index (χ3v) is 4.72. The molecule has 1 fully saturated rings. The lowest BCUT2D eigenvalue weighted by molar-refractivity contribution is -0.123. The molecule has 1 aliphatic rings. The highest BCUT2D eigenvalue weighted by Gasteiger charge is 2.31. The Labute approximate surface area is 154 Å². The zero-order valence-electron chi connectivity index (χ0n) is 14.4. The van der Waals surface area contributed by atoms with Gasteiger partial charge in [0.25, 0.3) is 0 Å². The molecule has 138 valence electrons. The van der Waals surface area contributed by atoms with Crippen LogP contribution in [0.5, 0.6) is 0 Å². The minimum absolute atomic E-state index is 0.0697. The molecule has 3 heterocycles. The summed E-state index contributed by atoms with van der Waals surface area (Å²) in [5.41, 5.74) is 2.09. The van der Waals surface area contributed by atoms with Crippen molar-refractivity contribution in [3.8, 4) is 11.3 Å². The number of H-pyrrole nitrogens is 1. The number of nitrogens with zero attached hydrogens (tertiary/aromatic N) is 4. The molecule has 1 unspecified atom stereocenters. The quantitative estimate of drug-likeness (QED) is 0.767. The third kappa shape index (κ3) is 3.55. The molecule has 1 N–H and O–H groups in total. The Balaban J connectivity index is 1.52. The second-order valence-electron chi connectivity index (χ2n) is 6.52. The Kier molecular flexibility index (Phi) is 4.62. The van der Waals surface area contributed by atoms with E-state index in [2.05, 4.69) is 20.2 Å². The third-order valence-electron chi connectivity index (χ3n) is 4.72. The zero-order valence-corrected chi connectivity index (χ0v) is 14.4. The number of piperidine rings is 1. The summed E-state index contributed by atoms with van der Waals surface area (Å²) in [5.74, 6) is -1.67. The van der Waals surface area contributed by atoms with E-state index in [4.69, 9.17) is 0 Å². The van der Waals surface area contributed by atoms with Crippen LogP contribution in [0, 0.1) is 17.6 Å². The van der Waals surface area contributed by atoms with Gasteiger partial charge in [0.15, 0.2) is 11.6 Å². The van der Waals surface area contributed by atoms with Crippen LogP contribution in [-0.2, 0) is 11.2 Å². The molecule has 1 saturated heterocycles. The Bertz CT molecular complexity index is 960. The molecule has 3 aromatic rings. The number of hydrogen-bond donors (Lipinski definition) is 1. The fraction of sp³-hybridized carbons (Fsp3) is 0.263. The van der Waals surface area contributed by atoms with Gasteiger partial charge in [-0.25, -0.2) is 13.8 Å². The summed E-state index contributed by atoms with van der Waals surface area (Å²) in [6, 6.07) is 5.56. The van der Waals surface area contributed by atoms with Gasteiger partial charge in [-0.3, -0.25) is 9.69 Å². The summed E-state index contributed by atoms with van der Waals surface area (Å²) in [7, 11) is 0. The lowest BCUT2D eigenvalue weighted by atomic mass is 9.90. The second-order valence-corrected chi connectivity index (χ2v) is 6.52. The molecule has 1 amide bonds. The lowest BCUT2D eigenvalue weighted by Crippen LogP contribution is -2.42. The number of rotatable bonds is 4. The SMILES string of the molecule is O=C1C(Cc2ccc(F)c(F)c2)CCCN1c1nc(-c2ccnnc2)c[nH]1. The van der Waals surface area contributed by atoms with Crippen LogP contribution >= 0.6 is 0 Å². The molecule has 1 aromatic carbocycles. The van der Waals surface area contributed by atoms with Crippen LogP contribution in [0.15, 0.2) is 42.9 Å².